The van der Waals surface area contributed by atoms with Crippen molar-refractivity contribution in [2.24, 2.45) is 0 Å². The number of benzene rings is 1. The van der Waals surface area contributed by atoms with Crippen molar-refractivity contribution in [3.8, 4) is 5.75 Å². The molecule has 0 aliphatic rings. The summed E-state index contributed by atoms with van der Waals surface area (Å²) in [6.07, 6.45) is 0. The first kappa shape index (κ1) is 16.3. The molecule has 24 heavy (non-hydrogen) atoms. The van der Waals surface area contributed by atoms with E-state index < -0.39 is 0 Å². The Balaban J connectivity index is 1.95. The van der Waals surface area contributed by atoms with Gasteiger partial charge >= 0.3 is 0 Å². The van der Waals surface area contributed by atoms with Crippen LogP contribution < -0.4 is 0 Å². The third-order valence-corrected chi connectivity index (χ3v) is 4.26. The van der Waals surface area contributed by atoms with E-state index in [-0.39, 0.29) is 0 Å². The van der Waals surface area contributed by atoms with Crippen LogP contribution in [0.1, 0.15) is 39.5 Å². The summed E-state index contributed by atoms with van der Waals surface area (Å²) in [6.45, 7) is 11.2. The summed E-state index contributed by atoms with van der Waals surface area (Å²) in [5.41, 5.74) is 7.06. The Bertz CT molecular complexity index is 820. The van der Waals surface area contributed by atoms with Gasteiger partial charge in [-0.1, -0.05) is 17.7 Å². The first-order chi connectivity index (χ1) is 11.3. The standard InChI is InChI=1S/C19H24N4O/c1-12-6-17(10-22-15(4)8-13(2)20-22)19(24)18(7-12)11-23-16(5)9-14(3)21-23/h6-9,24H,10-11H2,1-5H3. The summed E-state index contributed by atoms with van der Waals surface area (Å²) in [5.74, 6) is 0.334. The van der Waals surface area contributed by atoms with Gasteiger partial charge in [-0.25, -0.2) is 0 Å². The lowest BCUT2D eigenvalue weighted by Gasteiger charge is -2.13. The van der Waals surface area contributed by atoms with E-state index >= 15 is 0 Å². The fourth-order valence-corrected chi connectivity index (χ4v) is 3.17. The van der Waals surface area contributed by atoms with Gasteiger partial charge in [0, 0.05) is 22.5 Å². The highest BCUT2D eigenvalue weighted by molar-refractivity contribution is 5.44. The molecular weight excluding hydrogens is 300 g/mol. The van der Waals surface area contributed by atoms with E-state index in [2.05, 4.69) is 17.1 Å². The number of hydrogen-bond donors (Lipinski definition) is 1. The highest BCUT2D eigenvalue weighted by atomic mass is 16.3. The lowest BCUT2D eigenvalue weighted by atomic mass is 10.0. The maximum absolute atomic E-state index is 10.7. The van der Waals surface area contributed by atoms with Crippen LogP contribution in [0.15, 0.2) is 24.3 Å². The van der Waals surface area contributed by atoms with Crippen LogP contribution in [0.3, 0.4) is 0 Å². The second kappa shape index (κ2) is 6.15. The molecule has 1 aromatic carbocycles. The van der Waals surface area contributed by atoms with Crippen LogP contribution in [0.5, 0.6) is 5.75 Å². The molecule has 0 aliphatic carbocycles. The Morgan fingerprint density at radius 1 is 0.750 bits per heavy atom. The molecular formula is C19H24N4O. The first-order valence-electron chi connectivity index (χ1n) is 8.17. The van der Waals surface area contributed by atoms with E-state index in [1.807, 2.05) is 61.3 Å². The van der Waals surface area contributed by atoms with Crippen molar-refractivity contribution in [1.29, 1.82) is 0 Å². The molecule has 0 aliphatic heterocycles. The smallest absolute Gasteiger partial charge is 0.125 e. The summed E-state index contributed by atoms with van der Waals surface area (Å²) in [6, 6.07) is 8.14. The Kier molecular flexibility index (Phi) is 4.18. The van der Waals surface area contributed by atoms with Gasteiger partial charge in [0.15, 0.2) is 0 Å². The fraction of sp³-hybridized carbons (Fsp3) is 0.368. The molecule has 3 rings (SSSR count). The van der Waals surface area contributed by atoms with Gasteiger partial charge in [0.1, 0.15) is 5.75 Å². The molecule has 0 unspecified atom stereocenters. The molecule has 0 spiro atoms. The zero-order chi connectivity index (χ0) is 17.4. The molecule has 0 saturated carbocycles. The van der Waals surface area contributed by atoms with Gasteiger partial charge in [0.25, 0.3) is 0 Å². The quantitative estimate of drug-likeness (QED) is 0.800. The zero-order valence-electron chi connectivity index (χ0n) is 15.0. The van der Waals surface area contributed by atoms with Gasteiger partial charge in [-0.3, -0.25) is 9.36 Å². The second-order valence-electron chi connectivity index (χ2n) is 6.60. The zero-order valence-corrected chi connectivity index (χ0v) is 15.0. The van der Waals surface area contributed by atoms with Gasteiger partial charge in [-0.15, -0.1) is 0 Å². The van der Waals surface area contributed by atoms with Crippen molar-refractivity contribution in [2.45, 2.75) is 47.7 Å². The number of aromatic nitrogens is 4. The maximum Gasteiger partial charge on any atom is 0.125 e. The highest BCUT2D eigenvalue weighted by Crippen LogP contribution is 2.27. The molecule has 0 fully saturated rings. The minimum absolute atomic E-state index is 0.334. The maximum atomic E-state index is 10.7. The van der Waals surface area contributed by atoms with Crippen LogP contribution in [-0.4, -0.2) is 24.7 Å². The number of hydrogen-bond acceptors (Lipinski definition) is 3. The summed E-state index contributed by atoms with van der Waals surface area (Å²) < 4.78 is 3.85. The van der Waals surface area contributed by atoms with Crippen molar-refractivity contribution in [3.63, 3.8) is 0 Å². The molecule has 0 bridgehead atoms. The minimum atomic E-state index is 0.334. The molecule has 0 amide bonds. The summed E-state index contributed by atoms with van der Waals surface area (Å²) in [5, 5.41) is 19.7. The van der Waals surface area contributed by atoms with Crippen LogP contribution in [0, 0.1) is 34.6 Å². The second-order valence-corrected chi connectivity index (χ2v) is 6.60. The Morgan fingerprint density at radius 3 is 1.50 bits per heavy atom. The van der Waals surface area contributed by atoms with Crippen molar-refractivity contribution in [3.05, 3.63) is 63.7 Å². The monoisotopic (exact) mass is 324 g/mol. The summed E-state index contributed by atoms with van der Waals surface area (Å²) >= 11 is 0. The van der Waals surface area contributed by atoms with Gasteiger partial charge in [0.05, 0.1) is 24.5 Å². The third-order valence-electron chi connectivity index (χ3n) is 4.26. The molecule has 2 aromatic heterocycles. The fourth-order valence-electron chi connectivity index (χ4n) is 3.17. The Hall–Kier alpha value is -2.56. The largest absolute Gasteiger partial charge is 0.507 e. The van der Waals surface area contributed by atoms with Crippen molar-refractivity contribution in [1.82, 2.24) is 19.6 Å². The van der Waals surface area contributed by atoms with Crippen LogP contribution in [0.2, 0.25) is 0 Å². The summed E-state index contributed by atoms with van der Waals surface area (Å²) in [4.78, 5) is 0. The number of aromatic hydroxyl groups is 1. The average Bonchev–Trinajstić information content (AvgIpc) is 2.96. The van der Waals surface area contributed by atoms with Crippen LogP contribution >= 0.6 is 0 Å². The van der Waals surface area contributed by atoms with Crippen LogP contribution in [0.25, 0.3) is 0 Å². The predicted molar refractivity (Wildman–Crippen MR) is 94.4 cm³/mol. The minimum Gasteiger partial charge on any atom is -0.507 e. The molecule has 0 saturated heterocycles. The molecule has 126 valence electrons. The van der Waals surface area contributed by atoms with E-state index in [0.29, 0.717) is 18.8 Å². The van der Waals surface area contributed by atoms with Crippen LogP contribution in [0.4, 0.5) is 0 Å². The molecule has 0 radical (unpaired) electrons. The number of nitrogens with zero attached hydrogens (tertiary/aromatic N) is 4. The molecule has 2 heterocycles. The lowest BCUT2D eigenvalue weighted by Crippen LogP contribution is -2.08. The third kappa shape index (κ3) is 3.20. The molecule has 3 aromatic rings. The van der Waals surface area contributed by atoms with E-state index in [4.69, 9.17) is 0 Å². The topological polar surface area (TPSA) is 55.9 Å². The lowest BCUT2D eigenvalue weighted by molar-refractivity contribution is 0.451. The number of phenols is 1. The van der Waals surface area contributed by atoms with E-state index in [0.717, 1.165) is 39.5 Å². The predicted octanol–water partition coefficient (Wildman–Crippen LogP) is 3.42. The van der Waals surface area contributed by atoms with Gasteiger partial charge in [-0.05, 0) is 46.8 Å². The summed E-state index contributed by atoms with van der Waals surface area (Å²) in [7, 11) is 0. The van der Waals surface area contributed by atoms with E-state index in [9.17, 15) is 5.11 Å². The van der Waals surface area contributed by atoms with Gasteiger partial charge < -0.3 is 5.11 Å². The van der Waals surface area contributed by atoms with E-state index in [1.165, 1.54) is 0 Å². The normalized spacial score (nSPS) is 11.2. The average molecular weight is 324 g/mol. The van der Waals surface area contributed by atoms with Gasteiger partial charge in [-0.2, -0.15) is 10.2 Å². The SMILES string of the molecule is Cc1cc(Cn2nc(C)cc2C)c(O)c(Cn2nc(C)cc2C)c1. The number of phenolic OH excluding ortho intramolecular Hbond substituents is 1. The Labute approximate surface area is 142 Å². The van der Waals surface area contributed by atoms with Crippen molar-refractivity contribution < 1.29 is 5.11 Å². The molecule has 0 atom stereocenters. The van der Waals surface area contributed by atoms with E-state index in [1.54, 1.807) is 0 Å². The van der Waals surface area contributed by atoms with Crippen LogP contribution in [-0.2, 0) is 13.1 Å². The van der Waals surface area contributed by atoms with Crippen molar-refractivity contribution in [2.75, 3.05) is 0 Å². The van der Waals surface area contributed by atoms with Gasteiger partial charge in [0.2, 0.25) is 0 Å². The number of rotatable bonds is 4. The Morgan fingerprint density at radius 2 is 1.17 bits per heavy atom. The first-order valence-corrected chi connectivity index (χ1v) is 8.17. The molecule has 1 N–H and O–H groups in total. The number of aryl methyl sites for hydroxylation is 5. The molecule has 5 heteroatoms. The molecule has 5 nitrogen and oxygen atoms in total. The van der Waals surface area contributed by atoms with Crippen molar-refractivity contribution >= 4 is 0 Å². The highest BCUT2D eigenvalue weighted by Gasteiger charge is 2.13.